The van der Waals surface area contributed by atoms with Gasteiger partial charge in [-0.1, -0.05) is 6.92 Å². The van der Waals surface area contributed by atoms with Crippen molar-refractivity contribution in [3.63, 3.8) is 0 Å². The standard InChI is InChI=1S/C20H33N3O3/c1-6-20(2,3)21-19(24)15-23-11-9-22(10-12-23)14-16-7-8-17(25-4)18(13-16)26-5/h7-8,13H,6,9-12,14-15H2,1-5H3,(H,21,24)/p+2. The van der Waals surface area contributed by atoms with Gasteiger partial charge in [0.05, 0.1) is 14.2 Å². The van der Waals surface area contributed by atoms with Gasteiger partial charge in [0.25, 0.3) is 5.91 Å². The van der Waals surface area contributed by atoms with Crippen molar-refractivity contribution < 1.29 is 24.1 Å². The molecule has 1 aromatic carbocycles. The normalized spacial score (nSPS) is 20.5. The Morgan fingerprint density at radius 3 is 2.27 bits per heavy atom. The first-order valence-corrected chi connectivity index (χ1v) is 9.56. The van der Waals surface area contributed by atoms with Crippen LogP contribution in [0.15, 0.2) is 18.2 Å². The molecule has 0 spiro atoms. The van der Waals surface area contributed by atoms with Gasteiger partial charge in [-0.3, -0.25) is 4.79 Å². The SMILES string of the molecule is CCC(C)(C)NC(=O)C[NH+]1CC[NH+](Cc2ccc(OC)c(OC)c2)CC1. The summed E-state index contributed by atoms with van der Waals surface area (Å²) in [6.07, 6.45) is 0.942. The molecule has 0 saturated carbocycles. The minimum Gasteiger partial charge on any atom is -0.493 e. The monoisotopic (exact) mass is 365 g/mol. The van der Waals surface area contributed by atoms with Crippen LogP contribution in [0, 0.1) is 0 Å². The molecule has 1 aliphatic rings. The summed E-state index contributed by atoms with van der Waals surface area (Å²) in [5.74, 6) is 1.71. The Morgan fingerprint density at radius 2 is 1.69 bits per heavy atom. The van der Waals surface area contributed by atoms with Crippen molar-refractivity contribution in [3.8, 4) is 11.5 Å². The summed E-state index contributed by atoms with van der Waals surface area (Å²) in [5, 5.41) is 3.14. The fourth-order valence-corrected chi connectivity index (χ4v) is 3.33. The molecule has 1 fully saturated rings. The summed E-state index contributed by atoms with van der Waals surface area (Å²) in [7, 11) is 3.32. The number of quaternary nitrogens is 2. The Bertz CT molecular complexity index is 596. The van der Waals surface area contributed by atoms with Crippen molar-refractivity contribution in [3.05, 3.63) is 23.8 Å². The van der Waals surface area contributed by atoms with E-state index in [0.29, 0.717) is 6.54 Å². The number of piperazine rings is 1. The molecule has 0 unspecified atom stereocenters. The molecule has 2 rings (SSSR count). The number of rotatable bonds is 8. The number of methoxy groups -OCH3 is 2. The van der Waals surface area contributed by atoms with Gasteiger partial charge in [-0.15, -0.1) is 0 Å². The van der Waals surface area contributed by atoms with Gasteiger partial charge in [-0.05, 0) is 38.5 Å². The third kappa shape index (κ3) is 5.88. The summed E-state index contributed by atoms with van der Waals surface area (Å²) in [6.45, 7) is 12.0. The topological polar surface area (TPSA) is 56.4 Å². The van der Waals surface area contributed by atoms with Crippen LogP contribution in [-0.2, 0) is 11.3 Å². The van der Waals surface area contributed by atoms with Gasteiger partial charge < -0.3 is 24.6 Å². The maximum Gasteiger partial charge on any atom is 0.275 e. The van der Waals surface area contributed by atoms with Crippen LogP contribution >= 0.6 is 0 Å². The first-order valence-electron chi connectivity index (χ1n) is 9.56. The van der Waals surface area contributed by atoms with Gasteiger partial charge in [0.1, 0.15) is 32.7 Å². The van der Waals surface area contributed by atoms with Crippen molar-refractivity contribution >= 4 is 5.91 Å². The maximum atomic E-state index is 12.2. The molecule has 0 radical (unpaired) electrons. The third-order valence-electron chi connectivity index (χ3n) is 5.34. The molecular formula is C20H35N3O3+2. The van der Waals surface area contributed by atoms with Crippen molar-refractivity contribution in [2.24, 2.45) is 0 Å². The highest BCUT2D eigenvalue weighted by atomic mass is 16.5. The minimum absolute atomic E-state index is 0.114. The van der Waals surface area contributed by atoms with E-state index in [9.17, 15) is 4.79 Å². The Hall–Kier alpha value is -1.79. The molecule has 6 heteroatoms. The fourth-order valence-electron chi connectivity index (χ4n) is 3.33. The summed E-state index contributed by atoms with van der Waals surface area (Å²) < 4.78 is 10.7. The van der Waals surface area contributed by atoms with E-state index in [1.54, 1.807) is 19.1 Å². The zero-order valence-corrected chi connectivity index (χ0v) is 16.9. The number of amides is 1. The second-order valence-corrected chi connectivity index (χ2v) is 7.83. The van der Waals surface area contributed by atoms with E-state index in [0.717, 1.165) is 50.6 Å². The summed E-state index contributed by atoms with van der Waals surface area (Å²) in [5.41, 5.74) is 1.14. The Morgan fingerprint density at radius 1 is 1.08 bits per heavy atom. The summed E-state index contributed by atoms with van der Waals surface area (Å²) >= 11 is 0. The van der Waals surface area contributed by atoms with Crippen LogP contribution in [0.4, 0.5) is 0 Å². The van der Waals surface area contributed by atoms with E-state index in [4.69, 9.17) is 9.47 Å². The van der Waals surface area contributed by atoms with Gasteiger partial charge in [-0.25, -0.2) is 0 Å². The summed E-state index contributed by atoms with van der Waals surface area (Å²) in [4.78, 5) is 15.2. The van der Waals surface area contributed by atoms with Crippen molar-refractivity contribution in [2.45, 2.75) is 39.3 Å². The first-order chi connectivity index (χ1) is 12.4. The molecule has 1 aliphatic heterocycles. The number of carbonyl (C=O) groups is 1. The van der Waals surface area contributed by atoms with Crippen molar-refractivity contribution in [2.75, 3.05) is 46.9 Å². The predicted octanol–water partition coefficient (Wildman–Crippen LogP) is -0.708. The Balaban J connectivity index is 1.81. The molecule has 6 nitrogen and oxygen atoms in total. The largest absolute Gasteiger partial charge is 0.493 e. The average molecular weight is 366 g/mol. The lowest BCUT2D eigenvalue weighted by Gasteiger charge is -2.31. The molecule has 0 aromatic heterocycles. The van der Waals surface area contributed by atoms with E-state index in [1.165, 1.54) is 10.5 Å². The van der Waals surface area contributed by atoms with Crippen LogP contribution in [0.1, 0.15) is 32.8 Å². The van der Waals surface area contributed by atoms with Gasteiger partial charge in [-0.2, -0.15) is 0 Å². The third-order valence-corrected chi connectivity index (χ3v) is 5.34. The van der Waals surface area contributed by atoms with Crippen LogP contribution in [-0.4, -0.2) is 58.4 Å². The molecule has 0 bridgehead atoms. The van der Waals surface area contributed by atoms with Crippen molar-refractivity contribution in [1.82, 2.24) is 5.32 Å². The molecular weight excluding hydrogens is 330 g/mol. The molecule has 146 valence electrons. The lowest BCUT2D eigenvalue weighted by Crippen LogP contribution is -3.28. The lowest BCUT2D eigenvalue weighted by atomic mass is 10.0. The molecule has 0 aliphatic carbocycles. The highest BCUT2D eigenvalue weighted by Crippen LogP contribution is 2.27. The number of carbonyl (C=O) groups excluding carboxylic acids is 1. The molecule has 1 saturated heterocycles. The zero-order chi connectivity index (χ0) is 19.2. The number of hydrogen-bond acceptors (Lipinski definition) is 3. The fraction of sp³-hybridized carbons (Fsp3) is 0.650. The first kappa shape index (κ1) is 20.5. The maximum absolute atomic E-state index is 12.2. The van der Waals surface area contributed by atoms with E-state index in [-0.39, 0.29) is 11.4 Å². The molecule has 1 aromatic rings. The number of ether oxygens (including phenoxy) is 2. The smallest absolute Gasteiger partial charge is 0.275 e. The number of benzene rings is 1. The molecule has 3 N–H and O–H groups in total. The van der Waals surface area contributed by atoms with Gasteiger partial charge in [0.15, 0.2) is 18.0 Å². The van der Waals surface area contributed by atoms with Crippen LogP contribution in [0.3, 0.4) is 0 Å². The number of nitrogens with one attached hydrogen (secondary N) is 3. The lowest BCUT2D eigenvalue weighted by molar-refractivity contribution is -1.02. The van der Waals surface area contributed by atoms with Crippen LogP contribution < -0.4 is 24.6 Å². The Labute approximate surface area is 157 Å². The van der Waals surface area contributed by atoms with Crippen LogP contribution in [0.25, 0.3) is 0 Å². The Kier molecular flexibility index (Phi) is 7.29. The molecule has 1 amide bonds. The van der Waals surface area contributed by atoms with Gasteiger partial charge in [0, 0.05) is 11.1 Å². The van der Waals surface area contributed by atoms with E-state index < -0.39 is 0 Å². The minimum atomic E-state index is -0.114. The molecule has 26 heavy (non-hydrogen) atoms. The van der Waals surface area contributed by atoms with Crippen LogP contribution in [0.5, 0.6) is 11.5 Å². The number of hydrogen-bond donors (Lipinski definition) is 3. The quantitative estimate of drug-likeness (QED) is 0.571. The van der Waals surface area contributed by atoms with Crippen molar-refractivity contribution in [1.29, 1.82) is 0 Å². The average Bonchev–Trinajstić information content (AvgIpc) is 2.62. The zero-order valence-electron chi connectivity index (χ0n) is 16.9. The second-order valence-electron chi connectivity index (χ2n) is 7.83. The highest BCUT2D eigenvalue weighted by molar-refractivity contribution is 5.77. The molecule has 1 heterocycles. The highest BCUT2D eigenvalue weighted by Gasteiger charge is 2.27. The van der Waals surface area contributed by atoms with E-state index in [2.05, 4.69) is 38.2 Å². The van der Waals surface area contributed by atoms with E-state index >= 15 is 0 Å². The van der Waals surface area contributed by atoms with Gasteiger partial charge in [0.2, 0.25) is 0 Å². The summed E-state index contributed by atoms with van der Waals surface area (Å²) in [6, 6.07) is 6.13. The second kappa shape index (κ2) is 9.24. The molecule has 0 atom stereocenters. The van der Waals surface area contributed by atoms with Crippen LogP contribution in [0.2, 0.25) is 0 Å². The predicted molar refractivity (Wildman–Crippen MR) is 102 cm³/mol. The van der Waals surface area contributed by atoms with E-state index in [1.807, 2.05) is 6.07 Å². The van der Waals surface area contributed by atoms with Gasteiger partial charge >= 0.3 is 0 Å².